The van der Waals surface area contributed by atoms with Crippen LogP contribution in [0.15, 0.2) is 15.8 Å². The monoisotopic (exact) mass is 329 g/mol. The first-order chi connectivity index (χ1) is 11.4. The molecule has 0 bridgehead atoms. The average Bonchev–Trinajstić information content (AvgIpc) is 3.06. The summed E-state index contributed by atoms with van der Waals surface area (Å²) in [4.78, 5) is 29.5. The summed E-state index contributed by atoms with van der Waals surface area (Å²) in [5.74, 6) is 1.35. The molecule has 0 unspecified atom stereocenters. The lowest BCUT2D eigenvalue weighted by molar-refractivity contribution is 0.259. The molecule has 0 saturated heterocycles. The number of aryl methyl sites for hydroxylation is 2. The minimum atomic E-state index is -0.345. The van der Waals surface area contributed by atoms with Crippen LogP contribution >= 0.6 is 0 Å². The molecular formula is C17H23N5O2. The fourth-order valence-corrected chi connectivity index (χ4v) is 4.19. The molecule has 3 aromatic heterocycles. The molecular weight excluding hydrogens is 306 g/mol. The first kappa shape index (κ1) is 15.2. The van der Waals surface area contributed by atoms with E-state index in [1.165, 1.54) is 30.9 Å². The SMILES string of the molecule is Cc1cn2c3c(=O)n(C)c(=O)n(C)c3nc2n1[C@@H]1CCCC[C@H]1C. The number of rotatable bonds is 1. The van der Waals surface area contributed by atoms with Crippen molar-refractivity contribution in [2.24, 2.45) is 20.0 Å². The molecule has 128 valence electrons. The number of nitrogens with zero attached hydrogens (tertiary/aromatic N) is 5. The van der Waals surface area contributed by atoms with Gasteiger partial charge in [-0.2, -0.15) is 4.98 Å². The lowest BCUT2D eigenvalue weighted by Gasteiger charge is -2.30. The number of hydrogen-bond donors (Lipinski definition) is 0. The molecule has 0 aromatic carbocycles. The van der Waals surface area contributed by atoms with Crippen LogP contribution in [0.3, 0.4) is 0 Å². The number of fused-ring (bicyclic) bond motifs is 3. The van der Waals surface area contributed by atoms with Crippen molar-refractivity contribution < 1.29 is 0 Å². The van der Waals surface area contributed by atoms with Crippen LogP contribution in [-0.4, -0.2) is 23.1 Å². The second-order valence-corrected chi connectivity index (χ2v) is 7.13. The summed E-state index contributed by atoms with van der Waals surface area (Å²) < 4.78 is 6.71. The molecule has 3 heterocycles. The second-order valence-electron chi connectivity index (χ2n) is 7.13. The Kier molecular flexibility index (Phi) is 3.23. The molecule has 24 heavy (non-hydrogen) atoms. The maximum atomic E-state index is 12.6. The molecule has 0 amide bonds. The third-order valence-corrected chi connectivity index (χ3v) is 5.58. The van der Waals surface area contributed by atoms with E-state index in [1.54, 1.807) is 7.05 Å². The van der Waals surface area contributed by atoms with Crippen molar-refractivity contribution in [2.45, 2.75) is 45.6 Å². The second kappa shape index (κ2) is 5.09. The largest absolute Gasteiger partial charge is 0.332 e. The Labute approximate surface area is 139 Å². The Bertz CT molecular complexity index is 1060. The summed E-state index contributed by atoms with van der Waals surface area (Å²) in [5, 5.41) is 0. The predicted octanol–water partition coefficient (Wildman–Crippen LogP) is 1.75. The Balaban J connectivity index is 2.09. The average molecular weight is 329 g/mol. The Morgan fingerprint density at radius 3 is 2.54 bits per heavy atom. The van der Waals surface area contributed by atoms with E-state index in [0.717, 1.165) is 22.5 Å². The summed E-state index contributed by atoms with van der Waals surface area (Å²) >= 11 is 0. The Hall–Kier alpha value is -2.31. The van der Waals surface area contributed by atoms with Gasteiger partial charge in [-0.3, -0.25) is 18.3 Å². The van der Waals surface area contributed by atoms with Gasteiger partial charge in [-0.1, -0.05) is 19.8 Å². The standard InChI is InChI=1S/C17H23N5O2/c1-10-7-5-6-8-12(10)22-11(2)9-21-13-14(18-16(21)22)19(3)17(24)20(4)15(13)23/h9-10,12H,5-8H2,1-4H3/t10-,12-/m1/s1. The van der Waals surface area contributed by atoms with Gasteiger partial charge in [-0.15, -0.1) is 0 Å². The van der Waals surface area contributed by atoms with Crippen molar-refractivity contribution in [1.29, 1.82) is 0 Å². The van der Waals surface area contributed by atoms with E-state index in [0.29, 0.717) is 23.1 Å². The fourth-order valence-electron chi connectivity index (χ4n) is 4.19. The van der Waals surface area contributed by atoms with Crippen LogP contribution in [0.4, 0.5) is 0 Å². The molecule has 4 rings (SSSR count). The highest BCUT2D eigenvalue weighted by Gasteiger charge is 2.27. The van der Waals surface area contributed by atoms with Gasteiger partial charge in [0.25, 0.3) is 5.56 Å². The van der Waals surface area contributed by atoms with Gasteiger partial charge in [0.15, 0.2) is 11.2 Å². The first-order valence-corrected chi connectivity index (χ1v) is 8.57. The first-order valence-electron chi connectivity index (χ1n) is 8.57. The van der Waals surface area contributed by atoms with Gasteiger partial charge >= 0.3 is 5.69 Å². The van der Waals surface area contributed by atoms with Crippen LogP contribution < -0.4 is 11.2 Å². The van der Waals surface area contributed by atoms with E-state index in [2.05, 4.69) is 23.4 Å². The van der Waals surface area contributed by atoms with Gasteiger partial charge in [-0.25, -0.2) is 4.79 Å². The van der Waals surface area contributed by atoms with Gasteiger partial charge in [0.2, 0.25) is 5.78 Å². The van der Waals surface area contributed by atoms with Crippen molar-refractivity contribution in [3.8, 4) is 0 Å². The normalized spacial score (nSPS) is 21.8. The molecule has 0 N–H and O–H groups in total. The zero-order valence-electron chi connectivity index (χ0n) is 14.6. The molecule has 1 aliphatic carbocycles. The Morgan fingerprint density at radius 2 is 1.83 bits per heavy atom. The van der Waals surface area contributed by atoms with Gasteiger partial charge in [0.05, 0.1) is 0 Å². The molecule has 0 spiro atoms. The van der Waals surface area contributed by atoms with Crippen molar-refractivity contribution in [2.75, 3.05) is 0 Å². The van der Waals surface area contributed by atoms with Gasteiger partial charge in [0, 0.05) is 32.0 Å². The highest BCUT2D eigenvalue weighted by molar-refractivity contribution is 5.75. The maximum absolute atomic E-state index is 12.6. The highest BCUT2D eigenvalue weighted by atomic mass is 16.2. The summed E-state index contributed by atoms with van der Waals surface area (Å²) in [5.41, 5.74) is 1.39. The van der Waals surface area contributed by atoms with Crippen molar-refractivity contribution in [3.63, 3.8) is 0 Å². The molecule has 2 atom stereocenters. The van der Waals surface area contributed by atoms with Crippen molar-refractivity contribution >= 4 is 16.9 Å². The molecule has 1 saturated carbocycles. The van der Waals surface area contributed by atoms with E-state index < -0.39 is 0 Å². The summed E-state index contributed by atoms with van der Waals surface area (Å²) in [6, 6.07) is 0.397. The molecule has 7 nitrogen and oxygen atoms in total. The van der Waals surface area contributed by atoms with E-state index in [1.807, 2.05) is 10.6 Å². The van der Waals surface area contributed by atoms with Crippen LogP contribution in [0.1, 0.15) is 44.3 Å². The van der Waals surface area contributed by atoms with Gasteiger partial charge in [0.1, 0.15) is 0 Å². The van der Waals surface area contributed by atoms with Crippen molar-refractivity contribution in [1.82, 2.24) is 23.1 Å². The van der Waals surface area contributed by atoms with Crippen LogP contribution in [0, 0.1) is 12.8 Å². The zero-order chi connectivity index (χ0) is 17.2. The lowest BCUT2D eigenvalue weighted by Crippen LogP contribution is -2.37. The predicted molar refractivity (Wildman–Crippen MR) is 92.6 cm³/mol. The maximum Gasteiger partial charge on any atom is 0.332 e. The molecule has 0 radical (unpaired) electrons. The number of imidazole rings is 2. The minimum Gasteiger partial charge on any atom is -0.311 e. The molecule has 1 aliphatic rings. The minimum absolute atomic E-state index is 0.297. The quantitative estimate of drug-likeness (QED) is 0.683. The van der Waals surface area contributed by atoms with Crippen LogP contribution in [0.25, 0.3) is 16.9 Å². The zero-order valence-corrected chi connectivity index (χ0v) is 14.6. The number of aromatic nitrogens is 5. The molecule has 7 heteroatoms. The summed E-state index contributed by atoms with van der Waals surface area (Å²) in [6.45, 7) is 4.35. The summed E-state index contributed by atoms with van der Waals surface area (Å²) in [6.07, 6.45) is 6.82. The third kappa shape index (κ3) is 1.87. The third-order valence-electron chi connectivity index (χ3n) is 5.58. The van der Waals surface area contributed by atoms with Crippen molar-refractivity contribution in [3.05, 3.63) is 32.7 Å². The van der Waals surface area contributed by atoms with Gasteiger partial charge in [-0.05, 0) is 25.7 Å². The molecule has 0 aliphatic heterocycles. The Morgan fingerprint density at radius 1 is 1.12 bits per heavy atom. The molecule has 1 fully saturated rings. The van der Waals surface area contributed by atoms with Crippen LogP contribution in [0.5, 0.6) is 0 Å². The van der Waals surface area contributed by atoms with Crippen LogP contribution in [0.2, 0.25) is 0 Å². The van der Waals surface area contributed by atoms with Crippen LogP contribution in [-0.2, 0) is 14.1 Å². The number of hydrogen-bond acceptors (Lipinski definition) is 3. The highest BCUT2D eigenvalue weighted by Crippen LogP contribution is 2.36. The fraction of sp³-hybridized carbons (Fsp3) is 0.588. The lowest BCUT2D eigenvalue weighted by atomic mass is 9.85. The van der Waals surface area contributed by atoms with E-state index in [-0.39, 0.29) is 11.2 Å². The molecule has 3 aromatic rings. The topological polar surface area (TPSA) is 66.2 Å². The van der Waals surface area contributed by atoms with E-state index in [4.69, 9.17) is 0 Å². The van der Waals surface area contributed by atoms with Gasteiger partial charge < -0.3 is 4.57 Å². The van der Waals surface area contributed by atoms with E-state index >= 15 is 0 Å². The van der Waals surface area contributed by atoms with E-state index in [9.17, 15) is 9.59 Å². The summed E-state index contributed by atoms with van der Waals surface area (Å²) in [7, 11) is 3.17. The smallest absolute Gasteiger partial charge is 0.311 e.